The molecule has 2 N–H and O–H groups in total. The first-order valence-electron chi connectivity index (χ1n) is 19.0. The Morgan fingerprint density at radius 2 is 1.92 bits per heavy atom. The minimum absolute atomic E-state index is 0.0384. The van der Waals surface area contributed by atoms with Crippen LogP contribution in [0, 0.1) is 29.6 Å². The molecule has 8 nitrogen and oxygen atoms in total. The highest BCUT2D eigenvalue weighted by Gasteiger charge is 2.48. The van der Waals surface area contributed by atoms with Crippen LogP contribution in [0.3, 0.4) is 0 Å². The molecule has 1 amide bonds. The molecule has 11 heteroatoms. The van der Waals surface area contributed by atoms with Crippen molar-refractivity contribution in [2.24, 2.45) is 17.8 Å². The van der Waals surface area contributed by atoms with E-state index in [4.69, 9.17) is 20.5 Å². The SMILES string of the molecule is C[C@@H]1[C@@H](C)C/C=C/[C@@](O)(C#CCCOS(C)(C)C(C)(C)C)[C@@H]2CC[C@H]2CN2C[C@@]3(CCCc4cc(Cl)ccc43)COc3ccc(cc32)C(=O)NS1(=O)=O. The lowest BCUT2D eigenvalue weighted by molar-refractivity contribution is -0.00326. The molecule has 6 rings (SSSR count). The van der Waals surface area contributed by atoms with E-state index in [1.165, 1.54) is 11.1 Å². The fourth-order valence-corrected chi connectivity index (χ4v) is 10.4. The molecule has 0 saturated heterocycles. The van der Waals surface area contributed by atoms with Gasteiger partial charge in [-0.05, 0) is 117 Å². The smallest absolute Gasteiger partial charge is 0.264 e. The Kier molecular flexibility index (Phi) is 11.4. The van der Waals surface area contributed by atoms with Crippen LogP contribution in [0.25, 0.3) is 0 Å². The number of aliphatic hydroxyl groups is 1. The standard InChI is InChI=1S/C42H57ClN2O6S2/c1-29-12-10-22-42(47,21-8-9-23-51-52(6,7)40(3,4)5)36-17-14-33(36)26-45-27-41(20-11-13-31-24-34(43)16-18-35(31)41)28-50-38-19-15-32(25-37(38)45)39(46)44-53(48,49)30(29)2/h10,15-16,18-19,22,24-25,29-30,33,36,47H,9,11-14,17,20,23,26-28H2,1-7H3,(H,44,46)/b22-10+/t29-,30+,33-,36+,41-,42-/m0/s1. The van der Waals surface area contributed by atoms with Gasteiger partial charge in [-0.15, -0.1) is 10.3 Å². The summed E-state index contributed by atoms with van der Waals surface area (Å²) in [7, 11) is -5.31. The van der Waals surface area contributed by atoms with E-state index >= 15 is 0 Å². The third-order valence-electron chi connectivity index (χ3n) is 12.5. The topological polar surface area (TPSA) is 105 Å². The van der Waals surface area contributed by atoms with Crippen molar-refractivity contribution in [3.05, 3.63) is 70.3 Å². The number of carbonyl (C=O) groups is 1. The largest absolute Gasteiger partial charge is 0.490 e. The van der Waals surface area contributed by atoms with Crippen molar-refractivity contribution in [2.75, 3.05) is 43.7 Å². The highest BCUT2D eigenvalue weighted by Crippen LogP contribution is 2.54. The third kappa shape index (κ3) is 8.30. The molecule has 290 valence electrons. The number of ether oxygens (including phenoxy) is 1. The third-order valence-corrected chi connectivity index (χ3v) is 18.4. The van der Waals surface area contributed by atoms with Gasteiger partial charge in [-0.1, -0.05) is 63.3 Å². The van der Waals surface area contributed by atoms with Crippen LogP contribution < -0.4 is 14.4 Å². The van der Waals surface area contributed by atoms with Gasteiger partial charge in [0.15, 0.2) is 0 Å². The Bertz CT molecular complexity index is 1910. The molecule has 0 aromatic heterocycles. The minimum Gasteiger partial charge on any atom is -0.490 e. The molecule has 53 heavy (non-hydrogen) atoms. The maximum atomic E-state index is 13.6. The number of benzene rings is 2. The van der Waals surface area contributed by atoms with E-state index < -0.39 is 37.1 Å². The number of hydrogen-bond acceptors (Lipinski definition) is 7. The maximum absolute atomic E-state index is 13.6. The van der Waals surface area contributed by atoms with E-state index in [9.17, 15) is 18.3 Å². The van der Waals surface area contributed by atoms with E-state index in [0.717, 1.165) is 42.8 Å². The summed E-state index contributed by atoms with van der Waals surface area (Å²) in [5, 5.41) is 12.3. The Hall–Kier alpha value is -2.68. The van der Waals surface area contributed by atoms with Crippen molar-refractivity contribution in [1.82, 2.24) is 4.72 Å². The molecule has 6 atom stereocenters. The number of nitrogens with one attached hydrogen (secondary N) is 1. The second-order valence-corrected chi connectivity index (χ2v) is 23.5. The molecule has 2 bridgehead atoms. The lowest BCUT2D eigenvalue weighted by atomic mass is 9.64. The van der Waals surface area contributed by atoms with Crippen LogP contribution in [0.1, 0.15) is 94.6 Å². The quantitative estimate of drug-likeness (QED) is 0.186. The summed E-state index contributed by atoms with van der Waals surface area (Å²) >= 11 is 6.46. The Balaban J connectivity index is 1.38. The molecule has 0 unspecified atom stereocenters. The van der Waals surface area contributed by atoms with Crippen LogP contribution in [-0.2, 0) is 26.0 Å². The van der Waals surface area contributed by atoms with E-state index in [2.05, 4.69) is 66.9 Å². The predicted octanol–water partition coefficient (Wildman–Crippen LogP) is 7.80. The average molecular weight is 786 g/mol. The number of nitrogens with zero attached hydrogens (tertiary/aromatic N) is 1. The van der Waals surface area contributed by atoms with Gasteiger partial charge in [-0.3, -0.25) is 4.79 Å². The van der Waals surface area contributed by atoms with Gasteiger partial charge in [0, 0.05) is 46.2 Å². The zero-order valence-electron chi connectivity index (χ0n) is 32.3. The number of sulfonamides is 1. The van der Waals surface area contributed by atoms with Crippen molar-refractivity contribution in [3.63, 3.8) is 0 Å². The number of rotatable bonds is 3. The van der Waals surface area contributed by atoms with Crippen LogP contribution in [-0.4, -0.2) is 73.8 Å². The number of hydrogen-bond donors (Lipinski definition) is 2. The number of carbonyl (C=O) groups excluding carboxylic acids is 1. The Morgan fingerprint density at radius 3 is 2.64 bits per heavy atom. The molecular formula is C42H57ClN2O6S2. The van der Waals surface area contributed by atoms with Crippen molar-refractivity contribution in [2.45, 2.75) is 101 Å². The Labute approximate surface area is 324 Å². The summed E-state index contributed by atoms with van der Waals surface area (Å²) in [6.45, 7) is 12.2. The molecular weight excluding hydrogens is 728 g/mol. The number of anilines is 1. The van der Waals surface area contributed by atoms with Crippen LogP contribution >= 0.6 is 21.9 Å². The molecule has 2 aromatic rings. The number of halogens is 1. The van der Waals surface area contributed by atoms with E-state index in [1.807, 2.05) is 19.1 Å². The second-order valence-electron chi connectivity index (χ2n) is 17.1. The highest BCUT2D eigenvalue weighted by atomic mass is 35.5. The summed E-state index contributed by atoms with van der Waals surface area (Å²) < 4.78 is 42.3. The molecule has 1 saturated carbocycles. The van der Waals surface area contributed by atoms with Crippen molar-refractivity contribution in [1.29, 1.82) is 0 Å². The number of allylic oxidation sites excluding steroid dienone is 1. The van der Waals surface area contributed by atoms with Gasteiger partial charge < -0.3 is 18.9 Å². The van der Waals surface area contributed by atoms with Gasteiger partial charge in [-0.25, -0.2) is 13.1 Å². The zero-order valence-corrected chi connectivity index (χ0v) is 34.7. The minimum atomic E-state index is -4.01. The number of fused-ring (bicyclic) bond motifs is 4. The van der Waals surface area contributed by atoms with Gasteiger partial charge in [0.25, 0.3) is 5.91 Å². The normalized spacial score (nSPS) is 31.0. The molecule has 2 heterocycles. The molecule has 2 aliphatic carbocycles. The van der Waals surface area contributed by atoms with Crippen LogP contribution in [0.5, 0.6) is 5.75 Å². The molecule has 2 aromatic carbocycles. The summed E-state index contributed by atoms with van der Waals surface area (Å²) in [5.41, 5.74) is 1.74. The van der Waals surface area contributed by atoms with Crippen LogP contribution in [0.15, 0.2) is 48.6 Å². The Morgan fingerprint density at radius 1 is 1.15 bits per heavy atom. The van der Waals surface area contributed by atoms with Crippen molar-refractivity contribution in [3.8, 4) is 17.6 Å². The monoisotopic (exact) mass is 784 g/mol. The highest BCUT2D eigenvalue weighted by molar-refractivity contribution is 8.29. The summed E-state index contributed by atoms with van der Waals surface area (Å²) in [6.07, 6.45) is 13.5. The molecule has 2 aliphatic heterocycles. The lowest BCUT2D eigenvalue weighted by Crippen LogP contribution is -2.52. The van der Waals surface area contributed by atoms with E-state index in [1.54, 1.807) is 31.2 Å². The molecule has 0 radical (unpaired) electrons. The van der Waals surface area contributed by atoms with E-state index in [0.29, 0.717) is 44.9 Å². The predicted molar refractivity (Wildman–Crippen MR) is 218 cm³/mol. The summed E-state index contributed by atoms with van der Waals surface area (Å²) in [5.74, 6) is 6.18. The molecule has 1 fully saturated rings. The first-order chi connectivity index (χ1) is 24.8. The van der Waals surface area contributed by atoms with Gasteiger partial charge in [0.1, 0.15) is 11.4 Å². The molecule has 4 aliphatic rings. The summed E-state index contributed by atoms with van der Waals surface area (Å²) in [4.78, 5) is 15.9. The number of amides is 1. The van der Waals surface area contributed by atoms with Gasteiger partial charge >= 0.3 is 0 Å². The number of aryl methyl sites for hydroxylation is 1. The zero-order chi connectivity index (χ0) is 38.4. The van der Waals surface area contributed by atoms with Gasteiger partial charge in [-0.2, -0.15) is 0 Å². The van der Waals surface area contributed by atoms with E-state index in [-0.39, 0.29) is 33.5 Å². The summed E-state index contributed by atoms with van der Waals surface area (Å²) in [6, 6.07) is 11.4. The van der Waals surface area contributed by atoms with Gasteiger partial charge in [0.2, 0.25) is 10.0 Å². The molecule has 1 spiro atoms. The van der Waals surface area contributed by atoms with Crippen molar-refractivity contribution >= 4 is 43.5 Å². The maximum Gasteiger partial charge on any atom is 0.264 e. The average Bonchev–Trinajstić information content (AvgIpc) is 3.21. The second kappa shape index (κ2) is 15.1. The van der Waals surface area contributed by atoms with Crippen LogP contribution in [0.2, 0.25) is 5.02 Å². The van der Waals surface area contributed by atoms with Gasteiger partial charge in [0.05, 0.1) is 24.2 Å². The first-order valence-corrected chi connectivity index (χ1v) is 23.3. The first kappa shape index (κ1) is 40.0. The lowest BCUT2D eigenvalue weighted by Gasteiger charge is -2.47. The fraction of sp³-hybridized carbons (Fsp3) is 0.595. The fourth-order valence-electron chi connectivity index (χ4n) is 8.09. The van der Waals surface area contributed by atoms with Crippen LogP contribution in [0.4, 0.5) is 5.69 Å². The van der Waals surface area contributed by atoms with Crippen molar-refractivity contribution < 1.29 is 27.2 Å².